The number of hydrogen-bond donors (Lipinski definition) is 1. The van der Waals surface area contributed by atoms with Crippen LogP contribution in [0.25, 0.3) is 0 Å². The number of carbonyl (C=O) groups is 3. The van der Waals surface area contributed by atoms with Crippen molar-refractivity contribution in [3.05, 3.63) is 58.7 Å². The van der Waals surface area contributed by atoms with Crippen LogP contribution in [0.4, 0.5) is 14.5 Å². The summed E-state index contributed by atoms with van der Waals surface area (Å²) in [6.45, 7) is 11.5. The lowest BCUT2D eigenvalue weighted by molar-refractivity contribution is -0.159. The molecule has 0 radical (unpaired) electrons. The average molecular weight is 615 g/mol. The number of hydrogen-bond acceptors (Lipinski definition) is 6. The number of amides is 2. The zero-order chi connectivity index (χ0) is 32.4. The van der Waals surface area contributed by atoms with Gasteiger partial charge in [-0.25, -0.2) is 8.78 Å². The molecule has 0 spiro atoms. The number of nitrogens with one attached hydrogen (secondary N) is 1. The summed E-state index contributed by atoms with van der Waals surface area (Å²) in [5.41, 5.74) is -0.189. The number of esters is 1. The van der Waals surface area contributed by atoms with Gasteiger partial charge in [0.25, 0.3) is 5.91 Å². The van der Waals surface area contributed by atoms with Crippen LogP contribution in [-0.2, 0) is 35.7 Å². The quantitative estimate of drug-likeness (QED) is 0.325. The van der Waals surface area contributed by atoms with Crippen molar-refractivity contribution in [1.82, 2.24) is 4.90 Å². The Hall–Kier alpha value is -3.53. The van der Waals surface area contributed by atoms with Crippen molar-refractivity contribution >= 4 is 23.5 Å². The molecule has 1 atom stereocenters. The zero-order valence-corrected chi connectivity index (χ0v) is 26.7. The zero-order valence-electron chi connectivity index (χ0n) is 26.7. The summed E-state index contributed by atoms with van der Waals surface area (Å²) >= 11 is 0. The summed E-state index contributed by atoms with van der Waals surface area (Å²) in [5, 5.41) is 2.66. The van der Waals surface area contributed by atoms with Gasteiger partial charge in [-0.05, 0) is 88.3 Å². The van der Waals surface area contributed by atoms with Crippen LogP contribution in [-0.4, -0.2) is 55.2 Å². The largest absolute Gasteiger partial charge is 0.494 e. The first-order valence-corrected chi connectivity index (χ1v) is 15.2. The molecule has 4 rings (SSSR count). The molecule has 240 valence electrons. The van der Waals surface area contributed by atoms with Crippen LogP contribution in [0.5, 0.6) is 5.75 Å². The van der Waals surface area contributed by atoms with E-state index in [0.29, 0.717) is 43.7 Å². The van der Waals surface area contributed by atoms with Gasteiger partial charge in [-0.3, -0.25) is 14.4 Å². The number of halogens is 2. The molecular weight excluding hydrogens is 570 g/mol. The molecule has 2 aromatic rings. The molecule has 0 aromatic heterocycles. The minimum absolute atomic E-state index is 0.0312. The number of methoxy groups -OCH3 is 1. The second-order valence-corrected chi connectivity index (χ2v) is 13.4. The number of ether oxygens (including phenoxy) is 3. The lowest BCUT2D eigenvalue weighted by Crippen LogP contribution is -2.50. The van der Waals surface area contributed by atoms with Crippen molar-refractivity contribution in [3.63, 3.8) is 0 Å². The van der Waals surface area contributed by atoms with Gasteiger partial charge in [0.1, 0.15) is 29.0 Å². The third-order valence-corrected chi connectivity index (χ3v) is 8.14. The van der Waals surface area contributed by atoms with Gasteiger partial charge < -0.3 is 24.4 Å². The molecule has 1 aliphatic carbocycles. The van der Waals surface area contributed by atoms with E-state index in [2.05, 4.69) is 5.32 Å². The standard InChI is InChI=1S/C34H44F2N2O6/c1-8-43-24-9-10-25-21(16-24)11-12-38(32(41)22-13-20(14-22)15-28(39)44-33(2,3)4)30(25)31(40)37-23-17-26(35)29(27(36)18-23)34(5,6)19-42-7/h9-10,16-18,20,22,30H,8,11-15,19H2,1-7H3,(H,37,40)/t20?,22?,30-/m1/s1. The first-order chi connectivity index (χ1) is 20.6. The summed E-state index contributed by atoms with van der Waals surface area (Å²) in [6.07, 6.45) is 1.80. The SMILES string of the molecule is CCOc1ccc2c(c1)CCN(C(=O)C1CC(CC(=O)OC(C)(C)C)C1)[C@H]2C(=O)Nc1cc(F)c(C(C)(C)COC)c(F)c1. The van der Waals surface area contributed by atoms with Crippen molar-refractivity contribution in [3.8, 4) is 5.75 Å². The molecule has 1 heterocycles. The van der Waals surface area contributed by atoms with E-state index in [1.165, 1.54) is 7.11 Å². The Balaban J connectivity index is 1.56. The molecule has 1 saturated carbocycles. The average Bonchev–Trinajstić information content (AvgIpc) is 2.87. The first-order valence-electron chi connectivity index (χ1n) is 15.2. The molecule has 0 unspecified atom stereocenters. The van der Waals surface area contributed by atoms with E-state index in [1.807, 2.05) is 33.8 Å². The summed E-state index contributed by atoms with van der Waals surface area (Å²) in [4.78, 5) is 41.5. The van der Waals surface area contributed by atoms with Crippen LogP contribution < -0.4 is 10.1 Å². The predicted octanol–water partition coefficient (Wildman–Crippen LogP) is 6.11. The number of fused-ring (bicyclic) bond motifs is 1. The molecule has 1 N–H and O–H groups in total. The Morgan fingerprint density at radius 2 is 1.68 bits per heavy atom. The number of carbonyl (C=O) groups excluding carboxylic acids is 3. The van der Waals surface area contributed by atoms with E-state index < -0.39 is 34.6 Å². The first kappa shape index (κ1) is 33.4. The molecule has 8 nitrogen and oxygen atoms in total. The maximum Gasteiger partial charge on any atom is 0.306 e. The van der Waals surface area contributed by atoms with Gasteiger partial charge in [-0.2, -0.15) is 0 Å². The third kappa shape index (κ3) is 7.57. The molecule has 2 amide bonds. The maximum atomic E-state index is 15.2. The summed E-state index contributed by atoms with van der Waals surface area (Å²) in [5.74, 6) is -2.29. The van der Waals surface area contributed by atoms with Crippen LogP contribution in [0.15, 0.2) is 30.3 Å². The Kier molecular flexibility index (Phi) is 10.0. The molecule has 1 aliphatic heterocycles. The molecule has 2 aliphatic rings. The fourth-order valence-corrected chi connectivity index (χ4v) is 6.27. The van der Waals surface area contributed by atoms with Crippen LogP contribution in [0.1, 0.15) is 83.5 Å². The van der Waals surface area contributed by atoms with Gasteiger partial charge in [-0.15, -0.1) is 0 Å². The molecule has 2 aromatic carbocycles. The highest BCUT2D eigenvalue weighted by Gasteiger charge is 2.43. The molecule has 0 saturated heterocycles. The van der Waals surface area contributed by atoms with Gasteiger partial charge in [0, 0.05) is 42.7 Å². The number of benzene rings is 2. The monoisotopic (exact) mass is 614 g/mol. The number of rotatable bonds is 10. The lowest BCUT2D eigenvalue weighted by Gasteiger charge is -2.42. The van der Waals surface area contributed by atoms with E-state index in [4.69, 9.17) is 14.2 Å². The van der Waals surface area contributed by atoms with E-state index >= 15 is 8.78 Å². The van der Waals surface area contributed by atoms with E-state index in [1.54, 1.807) is 30.9 Å². The normalized spacial score (nSPS) is 19.9. The Labute approximate surface area is 258 Å². The lowest BCUT2D eigenvalue weighted by atomic mass is 9.72. The van der Waals surface area contributed by atoms with E-state index in [9.17, 15) is 14.4 Å². The van der Waals surface area contributed by atoms with Crippen LogP contribution in [0, 0.1) is 23.5 Å². The Bertz CT molecular complexity index is 1370. The van der Waals surface area contributed by atoms with Gasteiger partial charge in [0.2, 0.25) is 5.91 Å². The Morgan fingerprint density at radius 3 is 2.27 bits per heavy atom. The number of anilines is 1. The van der Waals surface area contributed by atoms with Crippen LogP contribution in [0.2, 0.25) is 0 Å². The summed E-state index contributed by atoms with van der Waals surface area (Å²) < 4.78 is 46.6. The van der Waals surface area contributed by atoms with E-state index in [-0.39, 0.29) is 48.0 Å². The second-order valence-electron chi connectivity index (χ2n) is 13.4. The van der Waals surface area contributed by atoms with E-state index in [0.717, 1.165) is 17.7 Å². The molecule has 1 fully saturated rings. The fourth-order valence-electron chi connectivity index (χ4n) is 6.27. The van der Waals surface area contributed by atoms with Gasteiger partial charge >= 0.3 is 5.97 Å². The minimum Gasteiger partial charge on any atom is -0.494 e. The van der Waals surface area contributed by atoms with Crippen molar-refractivity contribution in [2.24, 2.45) is 11.8 Å². The minimum atomic E-state index is -1.01. The van der Waals surface area contributed by atoms with Crippen LogP contribution >= 0.6 is 0 Å². The highest BCUT2D eigenvalue weighted by molar-refractivity contribution is 5.99. The summed E-state index contributed by atoms with van der Waals surface area (Å²) in [7, 11) is 1.46. The summed E-state index contributed by atoms with van der Waals surface area (Å²) in [6, 6.07) is 6.57. The fraction of sp³-hybridized carbons (Fsp3) is 0.559. The highest BCUT2D eigenvalue weighted by atomic mass is 19.1. The van der Waals surface area contributed by atoms with Crippen molar-refractivity contribution in [2.45, 2.75) is 84.3 Å². The second kappa shape index (κ2) is 13.2. The van der Waals surface area contributed by atoms with Crippen molar-refractivity contribution < 1.29 is 37.4 Å². The topological polar surface area (TPSA) is 94.2 Å². The van der Waals surface area contributed by atoms with Gasteiger partial charge in [0.15, 0.2) is 0 Å². The third-order valence-electron chi connectivity index (χ3n) is 8.14. The van der Waals surface area contributed by atoms with Crippen LogP contribution in [0.3, 0.4) is 0 Å². The molecule has 44 heavy (non-hydrogen) atoms. The Morgan fingerprint density at radius 1 is 1.02 bits per heavy atom. The van der Waals surface area contributed by atoms with Gasteiger partial charge in [-0.1, -0.05) is 19.9 Å². The predicted molar refractivity (Wildman–Crippen MR) is 162 cm³/mol. The molecular formula is C34H44F2N2O6. The smallest absolute Gasteiger partial charge is 0.306 e. The van der Waals surface area contributed by atoms with Crippen molar-refractivity contribution in [2.75, 3.05) is 32.2 Å². The maximum absolute atomic E-state index is 15.2. The highest BCUT2D eigenvalue weighted by Crippen LogP contribution is 2.41. The van der Waals surface area contributed by atoms with Crippen molar-refractivity contribution in [1.29, 1.82) is 0 Å². The van der Waals surface area contributed by atoms with Gasteiger partial charge in [0.05, 0.1) is 13.2 Å². The number of nitrogens with zero attached hydrogens (tertiary/aromatic N) is 1. The molecule has 0 bridgehead atoms. The molecule has 10 heteroatoms.